The van der Waals surface area contributed by atoms with Gasteiger partial charge in [0.15, 0.2) is 0 Å². The normalized spacial score (nSPS) is 15.1. The molecule has 0 saturated carbocycles. The Labute approximate surface area is 94.1 Å². The van der Waals surface area contributed by atoms with Crippen LogP contribution >= 0.6 is 0 Å². The maximum Gasteiger partial charge on any atom is 0.100 e. The lowest BCUT2D eigenvalue weighted by Gasteiger charge is -2.13. The molecule has 0 atom stereocenters. The van der Waals surface area contributed by atoms with Gasteiger partial charge >= 0.3 is 0 Å². The van der Waals surface area contributed by atoms with E-state index in [2.05, 4.69) is 15.5 Å². The molecular weight excluding hydrogens is 202 g/mol. The van der Waals surface area contributed by atoms with Gasteiger partial charge in [0.2, 0.25) is 0 Å². The summed E-state index contributed by atoms with van der Waals surface area (Å²) < 4.78 is 3.81. The van der Waals surface area contributed by atoms with Crippen molar-refractivity contribution in [2.24, 2.45) is 14.1 Å². The number of rotatable bonds is 1. The molecule has 0 saturated heterocycles. The summed E-state index contributed by atoms with van der Waals surface area (Å²) in [5.41, 5.74) is 4.83. The maximum absolute atomic E-state index is 4.60. The van der Waals surface area contributed by atoms with E-state index in [0.29, 0.717) is 0 Å². The minimum atomic E-state index is 0.910. The molecule has 0 aliphatic carbocycles. The lowest BCUT2D eigenvalue weighted by Crippen LogP contribution is -2.24. The molecular formula is C11H15N5. The van der Waals surface area contributed by atoms with Gasteiger partial charge in [-0.2, -0.15) is 10.2 Å². The fourth-order valence-corrected chi connectivity index (χ4v) is 2.30. The van der Waals surface area contributed by atoms with E-state index in [1.54, 1.807) is 0 Å². The summed E-state index contributed by atoms with van der Waals surface area (Å²) in [5.74, 6) is 0. The number of hydrogen-bond acceptors (Lipinski definition) is 3. The van der Waals surface area contributed by atoms with Gasteiger partial charge in [0.1, 0.15) is 5.69 Å². The number of aryl methyl sites for hydroxylation is 2. The first-order valence-corrected chi connectivity index (χ1v) is 5.50. The third-order valence-electron chi connectivity index (χ3n) is 3.09. The quantitative estimate of drug-likeness (QED) is 0.755. The van der Waals surface area contributed by atoms with E-state index in [9.17, 15) is 0 Å². The Balaban J connectivity index is 2.14. The SMILES string of the molecule is Cn1cc(-c2nn(C)c3c2CNCC3)cn1. The number of nitrogens with one attached hydrogen (secondary N) is 1. The highest BCUT2D eigenvalue weighted by atomic mass is 15.3. The zero-order valence-electron chi connectivity index (χ0n) is 9.56. The van der Waals surface area contributed by atoms with Crippen molar-refractivity contribution in [3.05, 3.63) is 23.7 Å². The van der Waals surface area contributed by atoms with Gasteiger partial charge in [0.25, 0.3) is 0 Å². The molecule has 5 nitrogen and oxygen atoms in total. The number of hydrogen-bond donors (Lipinski definition) is 1. The zero-order valence-corrected chi connectivity index (χ0v) is 9.56. The molecule has 16 heavy (non-hydrogen) atoms. The van der Waals surface area contributed by atoms with Gasteiger partial charge in [0.05, 0.1) is 6.20 Å². The molecule has 5 heteroatoms. The maximum atomic E-state index is 4.60. The third-order valence-corrected chi connectivity index (χ3v) is 3.09. The zero-order chi connectivity index (χ0) is 11.1. The van der Waals surface area contributed by atoms with Crippen LogP contribution in [0.1, 0.15) is 11.3 Å². The molecule has 3 heterocycles. The fraction of sp³-hybridized carbons (Fsp3) is 0.455. The van der Waals surface area contributed by atoms with Crippen LogP contribution in [0.25, 0.3) is 11.3 Å². The summed E-state index contributed by atoms with van der Waals surface area (Å²) in [5, 5.41) is 12.2. The summed E-state index contributed by atoms with van der Waals surface area (Å²) in [6.07, 6.45) is 4.94. The third kappa shape index (κ3) is 1.36. The van der Waals surface area contributed by atoms with Gasteiger partial charge < -0.3 is 5.32 Å². The molecule has 0 unspecified atom stereocenters. The van der Waals surface area contributed by atoms with Crippen molar-refractivity contribution in [3.63, 3.8) is 0 Å². The first-order valence-electron chi connectivity index (χ1n) is 5.50. The molecule has 0 aromatic carbocycles. The van der Waals surface area contributed by atoms with E-state index >= 15 is 0 Å². The Morgan fingerprint density at radius 2 is 2.25 bits per heavy atom. The van der Waals surface area contributed by atoms with Crippen molar-refractivity contribution >= 4 is 0 Å². The van der Waals surface area contributed by atoms with Gasteiger partial charge in [0, 0.05) is 56.6 Å². The van der Waals surface area contributed by atoms with Crippen molar-refractivity contribution in [1.29, 1.82) is 0 Å². The van der Waals surface area contributed by atoms with Crippen molar-refractivity contribution in [3.8, 4) is 11.3 Å². The highest BCUT2D eigenvalue weighted by Gasteiger charge is 2.20. The van der Waals surface area contributed by atoms with Crippen LogP contribution in [0.5, 0.6) is 0 Å². The standard InChI is InChI=1S/C11H15N5/c1-15-7-8(5-13-15)11-9-6-12-4-3-10(9)16(2)14-11/h5,7,12H,3-4,6H2,1-2H3. The largest absolute Gasteiger partial charge is 0.312 e. The highest BCUT2D eigenvalue weighted by molar-refractivity contribution is 5.63. The minimum absolute atomic E-state index is 0.910. The summed E-state index contributed by atoms with van der Waals surface area (Å²) in [4.78, 5) is 0. The molecule has 0 bridgehead atoms. The molecule has 1 aliphatic heterocycles. The molecule has 2 aromatic heterocycles. The lowest BCUT2D eigenvalue weighted by molar-refractivity contribution is 0.604. The number of aromatic nitrogens is 4. The average molecular weight is 217 g/mol. The van der Waals surface area contributed by atoms with Crippen molar-refractivity contribution < 1.29 is 0 Å². The first-order chi connectivity index (χ1) is 7.75. The smallest absolute Gasteiger partial charge is 0.100 e. The number of nitrogens with zero attached hydrogens (tertiary/aromatic N) is 4. The van der Waals surface area contributed by atoms with Crippen molar-refractivity contribution in [2.75, 3.05) is 6.54 Å². The Morgan fingerprint density at radius 3 is 3.00 bits per heavy atom. The molecule has 3 rings (SSSR count). The van der Waals surface area contributed by atoms with E-state index in [-0.39, 0.29) is 0 Å². The summed E-state index contributed by atoms with van der Waals surface area (Å²) in [6.45, 7) is 1.95. The average Bonchev–Trinajstić information content (AvgIpc) is 2.84. The molecule has 84 valence electrons. The van der Waals surface area contributed by atoms with E-state index in [4.69, 9.17) is 0 Å². The minimum Gasteiger partial charge on any atom is -0.312 e. The lowest BCUT2D eigenvalue weighted by atomic mass is 10.0. The Morgan fingerprint density at radius 1 is 1.38 bits per heavy atom. The van der Waals surface area contributed by atoms with E-state index in [1.165, 1.54) is 11.3 Å². The van der Waals surface area contributed by atoms with Gasteiger partial charge in [-0.25, -0.2) is 0 Å². The van der Waals surface area contributed by atoms with E-state index in [1.807, 2.05) is 35.9 Å². The number of fused-ring (bicyclic) bond motifs is 1. The molecule has 1 aliphatic rings. The van der Waals surface area contributed by atoms with Crippen LogP contribution in [0.3, 0.4) is 0 Å². The van der Waals surface area contributed by atoms with Gasteiger partial charge in [-0.3, -0.25) is 9.36 Å². The fourth-order valence-electron chi connectivity index (χ4n) is 2.30. The van der Waals surface area contributed by atoms with Crippen LogP contribution in [0, 0.1) is 0 Å². The molecule has 0 amide bonds. The Hall–Kier alpha value is -1.62. The molecule has 1 N–H and O–H groups in total. The Kier molecular flexibility index (Phi) is 2.07. The summed E-state index contributed by atoms with van der Waals surface area (Å²) >= 11 is 0. The molecule has 2 aromatic rings. The topological polar surface area (TPSA) is 47.7 Å². The second-order valence-electron chi connectivity index (χ2n) is 4.23. The van der Waals surface area contributed by atoms with E-state index < -0.39 is 0 Å². The monoisotopic (exact) mass is 217 g/mol. The van der Waals surface area contributed by atoms with Crippen LogP contribution < -0.4 is 5.32 Å². The van der Waals surface area contributed by atoms with Gasteiger partial charge in [-0.15, -0.1) is 0 Å². The van der Waals surface area contributed by atoms with Crippen LogP contribution in [0.4, 0.5) is 0 Å². The van der Waals surface area contributed by atoms with Gasteiger partial charge in [-0.1, -0.05) is 0 Å². The van der Waals surface area contributed by atoms with Gasteiger partial charge in [-0.05, 0) is 0 Å². The second kappa shape index (κ2) is 3.45. The van der Waals surface area contributed by atoms with Crippen LogP contribution in [-0.2, 0) is 27.1 Å². The summed E-state index contributed by atoms with van der Waals surface area (Å²) in [7, 11) is 3.95. The second-order valence-corrected chi connectivity index (χ2v) is 4.23. The van der Waals surface area contributed by atoms with Crippen LogP contribution in [0.15, 0.2) is 12.4 Å². The first kappa shape index (κ1) is 9.59. The van der Waals surface area contributed by atoms with Crippen LogP contribution in [0.2, 0.25) is 0 Å². The van der Waals surface area contributed by atoms with Crippen molar-refractivity contribution in [2.45, 2.75) is 13.0 Å². The Bertz CT molecular complexity index is 522. The predicted molar refractivity (Wildman–Crippen MR) is 60.8 cm³/mol. The molecule has 0 radical (unpaired) electrons. The van der Waals surface area contributed by atoms with Crippen LogP contribution in [-0.4, -0.2) is 26.1 Å². The van der Waals surface area contributed by atoms with Crippen molar-refractivity contribution in [1.82, 2.24) is 24.9 Å². The predicted octanol–water partition coefficient (Wildman–Crippen LogP) is 0.466. The molecule has 0 fully saturated rings. The molecule has 0 spiro atoms. The highest BCUT2D eigenvalue weighted by Crippen LogP contribution is 2.26. The summed E-state index contributed by atoms with van der Waals surface area (Å²) in [6, 6.07) is 0. The van der Waals surface area contributed by atoms with E-state index in [0.717, 1.165) is 30.8 Å².